The van der Waals surface area contributed by atoms with Gasteiger partial charge in [-0.05, 0) is 31.5 Å². The molecular formula is C14H19ClN2O2. The van der Waals surface area contributed by atoms with Crippen molar-refractivity contribution in [2.45, 2.75) is 19.9 Å². The molecule has 0 bridgehead atoms. The van der Waals surface area contributed by atoms with E-state index in [0.717, 1.165) is 11.3 Å². The maximum atomic E-state index is 12.3. The van der Waals surface area contributed by atoms with Gasteiger partial charge in [-0.25, -0.2) is 0 Å². The average molecular weight is 283 g/mol. The highest BCUT2D eigenvalue weighted by Gasteiger charge is 2.22. The Morgan fingerprint density at radius 2 is 2.11 bits per heavy atom. The number of nitrogens with one attached hydrogen (secondary N) is 1. The van der Waals surface area contributed by atoms with E-state index in [1.807, 2.05) is 36.9 Å². The van der Waals surface area contributed by atoms with Gasteiger partial charge < -0.3 is 15.0 Å². The Morgan fingerprint density at radius 3 is 2.79 bits per heavy atom. The highest BCUT2D eigenvalue weighted by Crippen LogP contribution is 2.23. The minimum Gasteiger partial charge on any atom is -0.378 e. The van der Waals surface area contributed by atoms with Gasteiger partial charge >= 0.3 is 0 Å². The molecule has 1 saturated heterocycles. The Morgan fingerprint density at radius 1 is 1.42 bits per heavy atom. The molecule has 0 spiro atoms. The molecule has 2 rings (SSSR count). The first-order chi connectivity index (χ1) is 9.08. The molecule has 0 saturated carbocycles. The molecule has 1 heterocycles. The standard InChI is InChI=1S/C14H19ClN2O2/c1-10-3-4-12(15)13(9-10)16-11(2)14(18)17-5-7-19-8-6-17/h3-4,9,11,16H,5-8H2,1-2H3. The molecule has 1 fully saturated rings. The molecule has 5 heteroatoms. The van der Waals surface area contributed by atoms with Gasteiger partial charge in [0.05, 0.1) is 23.9 Å². The first-order valence-corrected chi connectivity index (χ1v) is 6.85. The first kappa shape index (κ1) is 14.2. The molecule has 1 aromatic carbocycles. The largest absolute Gasteiger partial charge is 0.378 e. The zero-order valence-electron chi connectivity index (χ0n) is 11.3. The average Bonchev–Trinajstić information content (AvgIpc) is 2.43. The minimum atomic E-state index is -0.294. The summed E-state index contributed by atoms with van der Waals surface area (Å²) in [6, 6.07) is 5.44. The minimum absolute atomic E-state index is 0.0841. The summed E-state index contributed by atoms with van der Waals surface area (Å²) in [5.74, 6) is 0.0841. The van der Waals surface area contributed by atoms with Crippen molar-refractivity contribution in [2.24, 2.45) is 0 Å². The summed E-state index contributed by atoms with van der Waals surface area (Å²) in [6.45, 7) is 6.40. The summed E-state index contributed by atoms with van der Waals surface area (Å²) in [7, 11) is 0. The van der Waals surface area contributed by atoms with Gasteiger partial charge in [0.25, 0.3) is 0 Å². The summed E-state index contributed by atoms with van der Waals surface area (Å²) in [4.78, 5) is 14.1. The molecule has 1 aromatic rings. The number of halogens is 1. The Kier molecular flexibility index (Phi) is 4.66. The molecule has 104 valence electrons. The first-order valence-electron chi connectivity index (χ1n) is 6.47. The lowest BCUT2D eigenvalue weighted by atomic mass is 10.2. The summed E-state index contributed by atoms with van der Waals surface area (Å²) >= 11 is 6.12. The lowest BCUT2D eigenvalue weighted by Crippen LogP contribution is -2.47. The molecule has 4 nitrogen and oxygen atoms in total. The van der Waals surface area contributed by atoms with Crippen molar-refractivity contribution < 1.29 is 9.53 Å². The van der Waals surface area contributed by atoms with Crippen LogP contribution in [0.2, 0.25) is 5.02 Å². The topological polar surface area (TPSA) is 41.6 Å². The van der Waals surface area contributed by atoms with Crippen molar-refractivity contribution in [3.63, 3.8) is 0 Å². The zero-order chi connectivity index (χ0) is 13.8. The normalized spacial score (nSPS) is 17.1. The Labute approximate surface area is 118 Å². The number of aryl methyl sites for hydroxylation is 1. The number of benzene rings is 1. The van der Waals surface area contributed by atoms with Crippen LogP contribution in [0.15, 0.2) is 18.2 Å². The van der Waals surface area contributed by atoms with Crippen LogP contribution in [-0.2, 0) is 9.53 Å². The van der Waals surface area contributed by atoms with E-state index in [-0.39, 0.29) is 11.9 Å². The van der Waals surface area contributed by atoms with Crippen LogP contribution >= 0.6 is 11.6 Å². The maximum absolute atomic E-state index is 12.3. The van der Waals surface area contributed by atoms with Crippen LogP contribution in [0.1, 0.15) is 12.5 Å². The van der Waals surface area contributed by atoms with Crippen molar-refractivity contribution in [3.8, 4) is 0 Å². The number of ether oxygens (including phenoxy) is 1. The van der Waals surface area contributed by atoms with Crippen LogP contribution in [0.25, 0.3) is 0 Å². The molecule has 1 N–H and O–H groups in total. The van der Waals surface area contributed by atoms with Crippen LogP contribution in [-0.4, -0.2) is 43.2 Å². The quantitative estimate of drug-likeness (QED) is 0.925. The van der Waals surface area contributed by atoms with E-state index in [9.17, 15) is 4.79 Å². The lowest BCUT2D eigenvalue weighted by Gasteiger charge is -2.30. The molecule has 0 aliphatic carbocycles. The number of rotatable bonds is 3. The van der Waals surface area contributed by atoms with Crippen molar-refractivity contribution >= 4 is 23.2 Å². The van der Waals surface area contributed by atoms with Gasteiger partial charge in [-0.2, -0.15) is 0 Å². The van der Waals surface area contributed by atoms with E-state index in [0.29, 0.717) is 31.3 Å². The van der Waals surface area contributed by atoms with Gasteiger partial charge in [0.15, 0.2) is 0 Å². The summed E-state index contributed by atoms with van der Waals surface area (Å²) < 4.78 is 5.25. The van der Waals surface area contributed by atoms with Crippen LogP contribution in [0, 0.1) is 6.92 Å². The van der Waals surface area contributed by atoms with Crippen LogP contribution < -0.4 is 5.32 Å². The lowest BCUT2D eigenvalue weighted by molar-refractivity contribution is -0.135. The summed E-state index contributed by atoms with van der Waals surface area (Å²) in [5, 5.41) is 3.82. The number of amides is 1. The highest BCUT2D eigenvalue weighted by atomic mass is 35.5. The van der Waals surface area contributed by atoms with Crippen LogP contribution in [0.3, 0.4) is 0 Å². The molecule has 1 aliphatic heterocycles. The highest BCUT2D eigenvalue weighted by molar-refractivity contribution is 6.33. The zero-order valence-corrected chi connectivity index (χ0v) is 12.0. The molecule has 1 atom stereocenters. The SMILES string of the molecule is Cc1ccc(Cl)c(NC(C)C(=O)N2CCOCC2)c1. The summed E-state index contributed by atoms with van der Waals surface area (Å²) in [5.41, 5.74) is 1.91. The maximum Gasteiger partial charge on any atom is 0.244 e. The summed E-state index contributed by atoms with van der Waals surface area (Å²) in [6.07, 6.45) is 0. The number of hydrogen-bond donors (Lipinski definition) is 1. The van der Waals surface area contributed by atoms with Gasteiger partial charge in [0.1, 0.15) is 6.04 Å². The Hall–Kier alpha value is -1.26. The second-order valence-corrected chi connectivity index (χ2v) is 5.19. The molecule has 19 heavy (non-hydrogen) atoms. The van der Waals surface area contributed by atoms with E-state index < -0.39 is 0 Å². The van der Waals surface area contributed by atoms with Gasteiger partial charge in [-0.1, -0.05) is 17.7 Å². The second-order valence-electron chi connectivity index (χ2n) is 4.79. The fourth-order valence-electron chi connectivity index (χ4n) is 2.10. The van der Waals surface area contributed by atoms with E-state index >= 15 is 0 Å². The molecule has 1 amide bonds. The number of hydrogen-bond acceptors (Lipinski definition) is 3. The monoisotopic (exact) mass is 282 g/mol. The molecule has 1 aliphatic rings. The van der Waals surface area contributed by atoms with E-state index in [4.69, 9.17) is 16.3 Å². The fourth-order valence-corrected chi connectivity index (χ4v) is 2.27. The number of anilines is 1. The Balaban J connectivity index is 2.01. The predicted molar refractivity (Wildman–Crippen MR) is 76.7 cm³/mol. The van der Waals surface area contributed by atoms with Crippen molar-refractivity contribution in [1.29, 1.82) is 0 Å². The van der Waals surface area contributed by atoms with Crippen LogP contribution in [0.4, 0.5) is 5.69 Å². The van der Waals surface area contributed by atoms with Gasteiger partial charge in [0.2, 0.25) is 5.91 Å². The van der Waals surface area contributed by atoms with Gasteiger partial charge in [0, 0.05) is 13.1 Å². The van der Waals surface area contributed by atoms with E-state index in [2.05, 4.69) is 5.32 Å². The molecule has 0 radical (unpaired) electrons. The fraction of sp³-hybridized carbons (Fsp3) is 0.500. The van der Waals surface area contributed by atoms with Crippen LogP contribution in [0.5, 0.6) is 0 Å². The van der Waals surface area contributed by atoms with Gasteiger partial charge in [-0.3, -0.25) is 4.79 Å². The van der Waals surface area contributed by atoms with E-state index in [1.54, 1.807) is 0 Å². The Bertz CT molecular complexity index is 459. The third kappa shape index (κ3) is 3.61. The molecular weight excluding hydrogens is 264 g/mol. The van der Waals surface area contributed by atoms with Crippen molar-refractivity contribution in [2.75, 3.05) is 31.6 Å². The molecule has 0 aromatic heterocycles. The molecule has 1 unspecified atom stereocenters. The number of nitrogens with zero attached hydrogens (tertiary/aromatic N) is 1. The third-order valence-electron chi connectivity index (χ3n) is 3.19. The number of carbonyl (C=O) groups is 1. The second kappa shape index (κ2) is 6.26. The third-order valence-corrected chi connectivity index (χ3v) is 3.52. The van der Waals surface area contributed by atoms with E-state index in [1.165, 1.54) is 0 Å². The number of carbonyl (C=O) groups excluding carboxylic acids is 1. The van der Waals surface area contributed by atoms with Gasteiger partial charge in [-0.15, -0.1) is 0 Å². The van der Waals surface area contributed by atoms with Crippen molar-refractivity contribution in [3.05, 3.63) is 28.8 Å². The number of morpholine rings is 1. The smallest absolute Gasteiger partial charge is 0.244 e. The predicted octanol–water partition coefficient (Wildman–Crippen LogP) is 2.31. The van der Waals surface area contributed by atoms with Crippen molar-refractivity contribution in [1.82, 2.24) is 4.90 Å².